The number of carbonyl (C=O) groups excluding carboxylic acids is 1. The first-order valence-electron chi connectivity index (χ1n) is 7.57. The molecule has 1 unspecified atom stereocenters. The zero-order valence-corrected chi connectivity index (χ0v) is 12.4. The SMILES string of the molecule is CCCOCC1CCN(C(=O)c2ccc3nccn3c2)C1. The van der Waals surface area contributed by atoms with Crippen LogP contribution in [0, 0.1) is 5.92 Å². The molecule has 0 saturated carbocycles. The summed E-state index contributed by atoms with van der Waals surface area (Å²) in [6.45, 7) is 5.29. The Labute approximate surface area is 124 Å². The number of amides is 1. The van der Waals surface area contributed by atoms with Gasteiger partial charge in [-0.2, -0.15) is 0 Å². The summed E-state index contributed by atoms with van der Waals surface area (Å²) >= 11 is 0. The number of aromatic nitrogens is 2. The van der Waals surface area contributed by atoms with Crippen molar-refractivity contribution in [3.05, 3.63) is 36.3 Å². The molecule has 2 aromatic rings. The van der Waals surface area contributed by atoms with E-state index in [9.17, 15) is 4.79 Å². The molecule has 21 heavy (non-hydrogen) atoms. The number of hydrogen-bond donors (Lipinski definition) is 0. The molecular weight excluding hydrogens is 266 g/mol. The van der Waals surface area contributed by atoms with Crippen LogP contribution in [0.2, 0.25) is 0 Å². The average molecular weight is 287 g/mol. The van der Waals surface area contributed by atoms with E-state index in [4.69, 9.17) is 4.74 Å². The molecule has 0 N–H and O–H groups in total. The Bertz CT molecular complexity index is 623. The molecule has 1 aliphatic heterocycles. The van der Waals surface area contributed by atoms with Crippen LogP contribution in [-0.4, -0.2) is 46.5 Å². The Morgan fingerprint density at radius 1 is 1.48 bits per heavy atom. The zero-order valence-electron chi connectivity index (χ0n) is 12.4. The summed E-state index contributed by atoms with van der Waals surface area (Å²) in [5.41, 5.74) is 1.58. The maximum Gasteiger partial charge on any atom is 0.255 e. The molecule has 5 nitrogen and oxygen atoms in total. The summed E-state index contributed by atoms with van der Waals surface area (Å²) in [6.07, 6.45) is 7.52. The van der Waals surface area contributed by atoms with E-state index in [2.05, 4.69) is 11.9 Å². The molecule has 2 aromatic heterocycles. The summed E-state index contributed by atoms with van der Waals surface area (Å²) in [6, 6.07) is 3.73. The summed E-state index contributed by atoms with van der Waals surface area (Å²) in [5, 5.41) is 0. The van der Waals surface area contributed by atoms with Gasteiger partial charge in [0.1, 0.15) is 5.65 Å². The van der Waals surface area contributed by atoms with E-state index < -0.39 is 0 Å². The van der Waals surface area contributed by atoms with E-state index in [0.717, 1.165) is 50.4 Å². The van der Waals surface area contributed by atoms with Crippen LogP contribution in [0.3, 0.4) is 0 Å². The molecule has 3 heterocycles. The van der Waals surface area contributed by atoms with Crippen molar-refractivity contribution in [1.82, 2.24) is 14.3 Å². The summed E-state index contributed by atoms with van der Waals surface area (Å²) in [4.78, 5) is 18.7. The van der Waals surface area contributed by atoms with Crippen LogP contribution in [0.4, 0.5) is 0 Å². The molecule has 1 aliphatic rings. The van der Waals surface area contributed by atoms with Crippen LogP contribution in [0.5, 0.6) is 0 Å². The number of ether oxygens (including phenoxy) is 1. The number of imidazole rings is 1. The van der Waals surface area contributed by atoms with Crippen molar-refractivity contribution < 1.29 is 9.53 Å². The van der Waals surface area contributed by atoms with Crippen molar-refractivity contribution in [2.24, 2.45) is 5.92 Å². The summed E-state index contributed by atoms with van der Waals surface area (Å²) in [5.74, 6) is 0.570. The molecule has 0 radical (unpaired) electrons. The summed E-state index contributed by atoms with van der Waals surface area (Å²) < 4.78 is 7.48. The largest absolute Gasteiger partial charge is 0.381 e. The first-order valence-corrected chi connectivity index (χ1v) is 7.57. The van der Waals surface area contributed by atoms with Gasteiger partial charge in [0.2, 0.25) is 0 Å². The van der Waals surface area contributed by atoms with Crippen LogP contribution in [0.1, 0.15) is 30.1 Å². The molecular formula is C16H21N3O2. The van der Waals surface area contributed by atoms with Gasteiger partial charge in [-0.1, -0.05) is 6.92 Å². The first-order chi connectivity index (χ1) is 10.3. The Kier molecular flexibility index (Phi) is 4.20. The van der Waals surface area contributed by atoms with E-state index in [-0.39, 0.29) is 5.91 Å². The Hall–Kier alpha value is -1.88. The van der Waals surface area contributed by atoms with Crippen LogP contribution < -0.4 is 0 Å². The van der Waals surface area contributed by atoms with E-state index in [1.807, 2.05) is 33.8 Å². The minimum atomic E-state index is 0.101. The lowest BCUT2D eigenvalue weighted by atomic mass is 10.1. The van der Waals surface area contributed by atoms with Gasteiger partial charge < -0.3 is 14.0 Å². The Morgan fingerprint density at radius 2 is 2.38 bits per heavy atom. The third-order valence-electron chi connectivity index (χ3n) is 3.91. The lowest BCUT2D eigenvalue weighted by Gasteiger charge is -2.17. The maximum absolute atomic E-state index is 12.5. The van der Waals surface area contributed by atoms with Gasteiger partial charge >= 0.3 is 0 Å². The van der Waals surface area contributed by atoms with Crippen LogP contribution >= 0.6 is 0 Å². The van der Waals surface area contributed by atoms with Crippen molar-refractivity contribution in [2.45, 2.75) is 19.8 Å². The van der Waals surface area contributed by atoms with Crippen molar-refractivity contribution in [3.8, 4) is 0 Å². The van der Waals surface area contributed by atoms with Gasteiger partial charge in [0.25, 0.3) is 5.91 Å². The van der Waals surface area contributed by atoms with E-state index in [1.165, 1.54) is 0 Å². The maximum atomic E-state index is 12.5. The van der Waals surface area contributed by atoms with Gasteiger partial charge in [0, 0.05) is 44.2 Å². The minimum absolute atomic E-state index is 0.101. The molecule has 112 valence electrons. The van der Waals surface area contributed by atoms with E-state index in [0.29, 0.717) is 5.92 Å². The van der Waals surface area contributed by atoms with E-state index in [1.54, 1.807) is 6.20 Å². The predicted octanol–water partition coefficient (Wildman–Crippen LogP) is 2.22. The van der Waals surface area contributed by atoms with Crippen molar-refractivity contribution in [2.75, 3.05) is 26.3 Å². The Morgan fingerprint density at radius 3 is 3.24 bits per heavy atom. The zero-order chi connectivity index (χ0) is 14.7. The number of nitrogens with zero attached hydrogens (tertiary/aromatic N) is 3. The molecule has 1 atom stereocenters. The third kappa shape index (κ3) is 3.08. The van der Waals surface area contributed by atoms with Gasteiger partial charge in [-0.05, 0) is 25.0 Å². The molecule has 0 bridgehead atoms. The lowest BCUT2D eigenvalue weighted by Crippen LogP contribution is -2.29. The molecule has 1 amide bonds. The highest BCUT2D eigenvalue weighted by Gasteiger charge is 2.27. The average Bonchev–Trinajstić information content (AvgIpc) is 3.15. The third-order valence-corrected chi connectivity index (χ3v) is 3.91. The van der Waals surface area contributed by atoms with Crippen LogP contribution in [-0.2, 0) is 4.74 Å². The predicted molar refractivity (Wildman–Crippen MR) is 80.3 cm³/mol. The Balaban J connectivity index is 1.63. The number of pyridine rings is 1. The van der Waals surface area contributed by atoms with Gasteiger partial charge in [-0.25, -0.2) is 4.98 Å². The highest BCUT2D eigenvalue weighted by Crippen LogP contribution is 2.19. The van der Waals surface area contributed by atoms with Crippen LogP contribution in [0.15, 0.2) is 30.7 Å². The second kappa shape index (κ2) is 6.26. The number of carbonyl (C=O) groups is 1. The van der Waals surface area contributed by atoms with Crippen LogP contribution in [0.25, 0.3) is 5.65 Å². The highest BCUT2D eigenvalue weighted by atomic mass is 16.5. The fourth-order valence-corrected chi connectivity index (χ4v) is 2.78. The van der Waals surface area contributed by atoms with E-state index >= 15 is 0 Å². The molecule has 1 fully saturated rings. The second-order valence-electron chi connectivity index (χ2n) is 5.59. The molecule has 5 heteroatoms. The molecule has 3 rings (SSSR count). The monoisotopic (exact) mass is 287 g/mol. The second-order valence-corrected chi connectivity index (χ2v) is 5.59. The lowest BCUT2D eigenvalue weighted by molar-refractivity contribution is 0.0754. The summed E-state index contributed by atoms with van der Waals surface area (Å²) in [7, 11) is 0. The number of likely N-dealkylation sites (tertiary alicyclic amines) is 1. The standard InChI is InChI=1S/C16H21N3O2/c1-2-9-21-12-13-5-7-19(10-13)16(20)14-3-4-15-17-6-8-18(15)11-14/h3-4,6,8,11,13H,2,5,7,9-10,12H2,1H3. The highest BCUT2D eigenvalue weighted by molar-refractivity contribution is 5.94. The number of hydrogen-bond acceptors (Lipinski definition) is 3. The van der Waals surface area contributed by atoms with Gasteiger partial charge in [-0.3, -0.25) is 4.79 Å². The molecule has 1 saturated heterocycles. The fourth-order valence-electron chi connectivity index (χ4n) is 2.78. The first kappa shape index (κ1) is 14.1. The molecule has 0 aromatic carbocycles. The van der Waals surface area contributed by atoms with Crippen molar-refractivity contribution in [1.29, 1.82) is 0 Å². The van der Waals surface area contributed by atoms with Gasteiger partial charge in [0.15, 0.2) is 0 Å². The quantitative estimate of drug-likeness (QED) is 0.792. The van der Waals surface area contributed by atoms with Crippen molar-refractivity contribution >= 4 is 11.6 Å². The van der Waals surface area contributed by atoms with Gasteiger partial charge in [0.05, 0.1) is 12.2 Å². The normalized spacial score (nSPS) is 18.5. The van der Waals surface area contributed by atoms with Gasteiger partial charge in [-0.15, -0.1) is 0 Å². The molecule has 0 aliphatic carbocycles. The minimum Gasteiger partial charge on any atom is -0.381 e. The smallest absolute Gasteiger partial charge is 0.255 e. The van der Waals surface area contributed by atoms with Crippen molar-refractivity contribution in [3.63, 3.8) is 0 Å². The number of rotatable bonds is 5. The number of fused-ring (bicyclic) bond motifs is 1. The fraction of sp³-hybridized carbons (Fsp3) is 0.500. The molecule has 0 spiro atoms. The topological polar surface area (TPSA) is 46.8 Å².